The molecule has 2 heterocycles. The molecular formula is C19H23F2N3O4. The van der Waals surface area contributed by atoms with Crippen LogP contribution in [-0.4, -0.2) is 67.0 Å². The Kier molecular flexibility index (Phi) is 6.11. The summed E-state index contributed by atoms with van der Waals surface area (Å²) in [5.41, 5.74) is 0.249. The van der Waals surface area contributed by atoms with E-state index in [2.05, 4.69) is 0 Å². The third-order valence-corrected chi connectivity index (χ3v) is 5.03. The molecule has 152 valence electrons. The quantitative estimate of drug-likeness (QED) is 0.716. The molecule has 0 saturated carbocycles. The van der Waals surface area contributed by atoms with E-state index in [1.54, 1.807) is 11.8 Å². The topological polar surface area (TPSA) is 70.2 Å². The lowest BCUT2D eigenvalue weighted by Gasteiger charge is -2.32. The summed E-state index contributed by atoms with van der Waals surface area (Å²) in [4.78, 5) is 41.4. The fraction of sp³-hybridized carbons (Fsp3) is 0.526. The second-order valence-electron chi connectivity index (χ2n) is 6.89. The van der Waals surface area contributed by atoms with E-state index in [9.17, 15) is 23.2 Å². The molecule has 1 atom stereocenters. The zero-order chi connectivity index (χ0) is 20.3. The van der Waals surface area contributed by atoms with Crippen molar-refractivity contribution in [2.45, 2.75) is 19.8 Å². The highest BCUT2D eigenvalue weighted by Gasteiger charge is 2.34. The molecular weight excluding hydrogens is 372 g/mol. The number of esters is 1. The minimum atomic E-state index is -1.03. The molecule has 3 amide bonds. The monoisotopic (exact) mass is 395 g/mol. The Morgan fingerprint density at radius 3 is 2.68 bits per heavy atom. The van der Waals surface area contributed by atoms with Gasteiger partial charge in [0.15, 0.2) is 11.6 Å². The average Bonchev–Trinajstić information content (AvgIpc) is 3.04. The molecule has 28 heavy (non-hydrogen) atoms. The summed E-state index contributed by atoms with van der Waals surface area (Å²) in [5.74, 6) is -2.90. The van der Waals surface area contributed by atoms with Gasteiger partial charge in [-0.1, -0.05) is 0 Å². The largest absolute Gasteiger partial charge is 0.466 e. The van der Waals surface area contributed by atoms with E-state index in [4.69, 9.17) is 4.74 Å². The van der Waals surface area contributed by atoms with E-state index in [0.29, 0.717) is 32.5 Å². The van der Waals surface area contributed by atoms with Gasteiger partial charge in [0, 0.05) is 37.9 Å². The van der Waals surface area contributed by atoms with Gasteiger partial charge in [-0.25, -0.2) is 13.6 Å². The number of amides is 3. The fourth-order valence-electron chi connectivity index (χ4n) is 3.54. The highest BCUT2D eigenvalue weighted by molar-refractivity contribution is 5.96. The van der Waals surface area contributed by atoms with Crippen molar-refractivity contribution in [1.29, 1.82) is 0 Å². The lowest BCUT2D eigenvalue weighted by molar-refractivity contribution is -0.151. The minimum absolute atomic E-state index is 0.117. The van der Waals surface area contributed by atoms with Crippen LogP contribution in [0.3, 0.4) is 0 Å². The van der Waals surface area contributed by atoms with Crippen molar-refractivity contribution in [2.24, 2.45) is 5.92 Å². The first-order chi connectivity index (χ1) is 13.4. The van der Waals surface area contributed by atoms with Crippen LogP contribution < -0.4 is 4.90 Å². The number of urea groups is 1. The Morgan fingerprint density at radius 2 is 1.96 bits per heavy atom. The van der Waals surface area contributed by atoms with Gasteiger partial charge >= 0.3 is 12.0 Å². The van der Waals surface area contributed by atoms with Crippen LogP contribution in [0, 0.1) is 17.6 Å². The van der Waals surface area contributed by atoms with E-state index in [-0.39, 0.29) is 43.1 Å². The summed E-state index contributed by atoms with van der Waals surface area (Å²) < 4.78 is 31.6. The molecule has 2 aliphatic heterocycles. The number of rotatable bonds is 5. The van der Waals surface area contributed by atoms with Gasteiger partial charge in [0.1, 0.15) is 6.54 Å². The Hall–Kier alpha value is -2.71. The molecule has 0 radical (unpaired) electrons. The van der Waals surface area contributed by atoms with Crippen LogP contribution in [0.15, 0.2) is 18.2 Å². The van der Waals surface area contributed by atoms with Gasteiger partial charge in [-0.3, -0.25) is 14.5 Å². The van der Waals surface area contributed by atoms with E-state index in [1.165, 1.54) is 15.9 Å². The van der Waals surface area contributed by atoms with Crippen LogP contribution in [0.1, 0.15) is 19.8 Å². The zero-order valence-electron chi connectivity index (χ0n) is 15.7. The number of likely N-dealkylation sites (tertiary alicyclic amines) is 1. The molecule has 1 aromatic carbocycles. The van der Waals surface area contributed by atoms with Crippen LogP contribution in [0.5, 0.6) is 0 Å². The molecule has 3 rings (SSSR count). The minimum Gasteiger partial charge on any atom is -0.466 e. The molecule has 7 nitrogen and oxygen atoms in total. The van der Waals surface area contributed by atoms with Crippen LogP contribution in [-0.2, 0) is 14.3 Å². The average molecular weight is 395 g/mol. The second-order valence-corrected chi connectivity index (χ2v) is 6.89. The third-order valence-electron chi connectivity index (χ3n) is 5.03. The molecule has 2 fully saturated rings. The number of ether oxygens (including phenoxy) is 1. The smallest absolute Gasteiger partial charge is 0.325 e. The van der Waals surface area contributed by atoms with E-state index in [1.807, 2.05) is 0 Å². The molecule has 2 saturated heterocycles. The number of benzene rings is 1. The Labute approximate surface area is 161 Å². The fourth-order valence-corrected chi connectivity index (χ4v) is 3.54. The van der Waals surface area contributed by atoms with E-state index >= 15 is 0 Å². The molecule has 0 aliphatic carbocycles. The second kappa shape index (κ2) is 8.53. The predicted molar refractivity (Wildman–Crippen MR) is 96.6 cm³/mol. The van der Waals surface area contributed by atoms with Crippen molar-refractivity contribution >= 4 is 23.6 Å². The summed E-state index contributed by atoms with van der Waals surface area (Å²) in [6, 6.07) is 2.83. The molecule has 1 aromatic rings. The molecule has 1 unspecified atom stereocenters. The maximum atomic E-state index is 13.4. The van der Waals surface area contributed by atoms with E-state index in [0.717, 1.165) is 12.1 Å². The van der Waals surface area contributed by atoms with Gasteiger partial charge in [0.2, 0.25) is 5.91 Å². The summed E-state index contributed by atoms with van der Waals surface area (Å²) in [6.07, 6.45) is 1.37. The highest BCUT2D eigenvalue weighted by Crippen LogP contribution is 2.23. The van der Waals surface area contributed by atoms with Gasteiger partial charge in [-0.05, 0) is 31.9 Å². The maximum absolute atomic E-state index is 13.4. The lowest BCUT2D eigenvalue weighted by Crippen LogP contribution is -2.47. The highest BCUT2D eigenvalue weighted by atomic mass is 19.2. The summed E-state index contributed by atoms with van der Waals surface area (Å²) in [7, 11) is 0. The molecule has 0 N–H and O–H groups in total. The van der Waals surface area contributed by atoms with Gasteiger partial charge < -0.3 is 14.5 Å². The Bertz CT molecular complexity index is 774. The van der Waals surface area contributed by atoms with Crippen LogP contribution in [0.2, 0.25) is 0 Å². The third kappa shape index (κ3) is 4.23. The summed E-state index contributed by atoms with van der Waals surface area (Å²) >= 11 is 0. The number of anilines is 1. The first kappa shape index (κ1) is 20.0. The van der Waals surface area contributed by atoms with Crippen LogP contribution in [0.4, 0.5) is 19.3 Å². The van der Waals surface area contributed by atoms with Gasteiger partial charge in [-0.15, -0.1) is 0 Å². The standard InChI is InChI=1S/C19H23F2N3O4/c1-2-28-18(26)13-4-3-7-22(11-13)17(25)12-23-8-9-24(19(23)27)14-5-6-15(20)16(21)10-14/h5-6,10,13H,2-4,7-9,11-12H2,1H3. The molecule has 0 aromatic heterocycles. The van der Waals surface area contributed by atoms with Crippen molar-refractivity contribution in [2.75, 3.05) is 44.2 Å². The number of nitrogens with zero attached hydrogens (tertiary/aromatic N) is 3. The van der Waals surface area contributed by atoms with Crippen molar-refractivity contribution in [1.82, 2.24) is 9.80 Å². The number of piperidine rings is 1. The molecule has 2 aliphatic rings. The molecule has 9 heteroatoms. The first-order valence-electron chi connectivity index (χ1n) is 9.36. The van der Waals surface area contributed by atoms with Gasteiger partial charge in [-0.2, -0.15) is 0 Å². The van der Waals surface area contributed by atoms with E-state index < -0.39 is 17.7 Å². The predicted octanol–water partition coefficient (Wildman–Crippen LogP) is 2.01. The number of hydrogen-bond acceptors (Lipinski definition) is 4. The number of hydrogen-bond donors (Lipinski definition) is 0. The number of halogens is 2. The normalized spacial score (nSPS) is 19.9. The van der Waals surface area contributed by atoms with Crippen molar-refractivity contribution in [3.63, 3.8) is 0 Å². The molecule has 0 bridgehead atoms. The van der Waals surface area contributed by atoms with Crippen LogP contribution in [0.25, 0.3) is 0 Å². The maximum Gasteiger partial charge on any atom is 0.325 e. The summed E-state index contributed by atoms with van der Waals surface area (Å²) in [5, 5.41) is 0. The lowest BCUT2D eigenvalue weighted by atomic mass is 9.98. The SMILES string of the molecule is CCOC(=O)C1CCCN(C(=O)CN2CCN(c3ccc(F)c(F)c3)C2=O)C1. The first-order valence-corrected chi connectivity index (χ1v) is 9.36. The summed E-state index contributed by atoms with van der Waals surface area (Å²) in [6.45, 7) is 3.32. The number of carbonyl (C=O) groups is 3. The van der Waals surface area contributed by atoms with Gasteiger partial charge in [0.25, 0.3) is 0 Å². The Morgan fingerprint density at radius 1 is 1.18 bits per heavy atom. The van der Waals surface area contributed by atoms with Crippen LogP contribution >= 0.6 is 0 Å². The van der Waals surface area contributed by atoms with Crippen molar-refractivity contribution < 1.29 is 27.9 Å². The molecule has 0 spiro atoms. The zero-order valence-corrected chi connectivity index (χ0v) is 15.7. The van der Waals surface area contributed by atoms with Gasteiger partial charge in [0.05, 0.1) is 12.5 Å². The van der Waals surface area contributed by atoms with Crippen molar-refractivity contribution in [3.05, 3.63) is 29.8 Å². The Balaban J connectivity index is 1.59. The number of carbonyl (C=O) groups excluding carboxylic acids is 3. The van der Waals surface area contributed by atoms with Crippen molar-refractivity contribution in [3.8, 4) is 0 Å².